The highest BCUT2D eigenvalue weighted by Gasteiger charge is 2.26. The van der Waals surface area contributed by atoms with Crippen molar-refractivity contribution in [3.8, 4) is 5.75 Å². The van der Waals surface area contributed by atoms with Gasteiger partial charge in [-0.05, 0) is 61.2 Å². The second kappa shape index (κ2) is 8.62. The van der Waals surface area contributed by atoms with Crippen LogP contribution in [-0.4, -0.2) is 56.3 Å². The summed E-state index contributed by atoms with van der Waals surface area (Å²) >= 11 is 0. The van der Waals surface area contributed by atoms with E-state index < -0.39 is 0 Å². The first kappa shape index (κ1) is 20.0. The van der Waals surface area contributed by atoms with E-state index >= 15 is 0 Å². The van der Waals surface area contributed by atoms with Crippen LogP contribution in [0.5, 0.6) is 5.75 Å². The lowest BCUT2D eigenvalue weighted by molar-refractivity contribution is 0.110. The van der Waals surface area contributed by atoms with Gasteiger partial charge in [0.15, 0.2) is 0 Å². The predicted octanol–water partition coefficient (Wildman–Crippen LogP) is 4.04. The molecule has 0 spiro atoms. The number of benzene rings is 1. The van der Waals surface area contributed by atoms with Gasteiger partial charge in [0.25, 0.3) is 0 Å². The standard InChI is InChI=1S/C24H34N4O/c1-24(2)12-5-13-26(19-24)18-20-6-4-7-23(25-20)28-16-14-27(15-17-28)21-8-10-22(29-3)11-9-21/h4,6-11H,5,12-19H2,1-3H3. The molecule has 0 aliphatic carbocycles. The van der Waals surface area contributed by atoms with Gasteiger partial charge in [0.1, 0.15) is 11.6 Å². The lowest BCUT2D eigenvalue weighted by Crippen LogP contribution is -2.47. The minimum Gasteiger partial charge on any atom is -0.497 e. The first-order valence-electron chi connectivity index (χ1n) is 10.8. The molecule has 0 unspecified atom stereocenters. The molecule has 0 N–H and O–H groups in total. The summed E-state index contributed by atoms with van der Waals surface area (Å²) in [6.07, 6.45) is 2.62. The highest BCUT2D eigenvalue weighted by atomic mass is 16.5. The molecular weight excluding hydrogens is 360 g/mol. The molecule has 2 aromatic rings. The number of piperazine rings is 1. The molecule has 3 heterocycles. The van der Waals surface area contributed by atoms with E-state index in [1.54, 1.807) is 7.11 Å². The second-order valence-corrected chi connectivity index (χ2v) is 9.14. The summed E-state index contributed by atoms with van der Waals surface area (Å²) in [6.45, 7) is 12.1. The van der Waals surface area contributed by atoms with E-state index in [1.165, 1.54) is 37.3 Å². The number of methoxy groups -OCH3 is 1. The largest absolute Gasteiger partial charge is 0.497 e. The van der Waals surface area contributed by atoms with Crippen molar-refractivity contribution >= 4 is 11.5 Å². The summed E-state index contributed by atoms with van der Waals surface area (Å²) in [4.78, 5) is 12.4. The zero-order valence-corrected chi connectivity index (χ0v) is 18.1. The first-order chi connectivity index (χ1) is 14.0. The Morgan fingerprint density at radius 2 is 1.66 bits per heavy atom. The van der Waals surface area contributed by atoms with Crippen LogP contribution < -0.4 is 14.5 Å². The Morgan fingerprint density at radius 1 is 0.931 bits per heavy atom. The molecule has 0 amide bonds. The van der Waals surface area contributed by atoms with Crippen LogP contribution in [0.3, 0.4) is 0 Å². The lowest BCUT2D eigenvalue weighted by atomic mass is 9.84. The van der Waals surface area contributed by atoms with Gasteiger partial charge >= 0.3 is 0 Å². The molecule has 0 radical (unpaired) electrons. The van der Waals surface area contributed by atoms with E-state index in [4.69, 9.17) is 9.72 Å². The summed E-state index contributed by atoms with van der Waals surface area (Å²) in [7, 11) is 1.71. The van der Waals surface area contributed by atoms with Crippen molar-refractivity contribution in [3.05, 3.63) is 48.2 Å². The van der Waals surface area contributed by atoms with Crippen molar-refractivity contribution in [3.63, 3.8) is 0 Å². The van der Waals surface area contributed by atoms with Crippen LogP contribution in [0, 0.1) is 5.41 Å². The van der Waals surface area contributed by atoms with Gasteiger partial charge < -0.3 is 14.5 Å². The van der Waals surface area contributed by atoms with Crippen LogP contribution in [0.4, 0.5) is 11.5 Å². The number of ether oxygens (including phenoxy) is 1. The Labute approximate surface area is 175 Å². The van der Waals surface area contributed by atoms with Crippen LogP contribution in [0.1, 0.15) is 32.4 Å². The summed E-state index contributed by atoms with van der Waals surface area (Å²) in [5.41, 5.74) is 2.88. The molecule has 0 bridgehead atoms. The third kappa shape index (κ3) is 5.02. The topological polar surface area (TPSA) is 31.8 Å². The molecule has 29 heavy (non-hydrogen) atoms. The second-order valence-electron chi connectivity index (χ2n) is 9.14. The maximum atomic E-state index is 5.27. The van der Waals surface area contributed by atoms with E-state index in [2.05, 4.69) is 58.9 Å². The Hall–Kier alpha value is -2.27. The van der Waals surface area contributed by atoms with Crippen molar-refractivity contribution in [2.75, 3.05) is 56.2 Å². The Balaban J connectivity index is 1.35. The zero-order chi connectivity index (χ0) is 20.3. The van der Waals surface area contributed by atoms with Crippen molar-refractivity contribution in [2.24, 2.45) is 5.41 Å². The van der Waals surface area contributed by atoms with E-state index in [-0.39, 0.29) is 0 Å². The minimum atomic E-state index is 0.424. The fourth-order valence-corrected chi connectivity index (χ4v) is 4.63. The van der Waals surface area contributed by atoms with Gasteiger partial charge in [-0.25, -0.2) is 4.98 Å². The molecule has 2 fully saturated rings. The van der Waals surface area contributed by atoms with Crippen molar-refractivity contribution in [1.29, 1.82) is 0 Å². The fraction of sp³-hybridized carbons (Fsp3) is 0.542. The van der Waals surface area contributed by atoms with Crippen LogP contribution in [0.2, 0.25) is 0 Å². The quantitative estimate of drug-likeness (QED) is 0.764. The van der Waals surface area contributed by atoms with Crippen molar-refractivity contribution in [2.45, 2.75) is 33.2 Å². The minimum absolute atomic E-state index is 0.424. The van der Waals surface area contributed by atoms with E-state index in [0.717, 1.165) is 44.3 Å². The monoisotopic (exact) mass is 394 g/mol. The third-order valence-corrected chi connectivity index (χ3v) is 6.20. The Morgan fingerprint density at radius 3 is 2.34 bits per heavy atom. The van der Waals surface area contributed by atoms with Crippen LogP contribution in [0.25, 0.3) is 0 Å². The van der Waals surface area contributed by atoms with Crippen LogP contribution in [-0.2, 0) is 6.54 Å². The molecule has 5 heteroatoms. The van der Waals surface area contributed by atoms with E-state index in [9.17, 15) is 0 Å². The number of nitrogens with zero attached hydrogens (tertiary/aromatic N) is 4. The zero-order valence-electron chi connectivity index (χ0n) is 18.1. The van der Waals surface area contributed by atoms with Gasteiger partial charge in [-0.1, -0.05) is 19.9 Å². The average molecular weight is 395 g/mol. The van der Waals surface area contributed by atoms with Gasteiger partial charge in [0.2, 0.25) is 0 Å². The molecule has 2 saturated heterocycles. The fourth-order valence-electron chi connectivity index (χ4n) is 4.63. The molecule has 5 nitrogen and oxygen atoms in total. The number of likely N-dealkylation sites (tertiary alicyclic amines) is 1. The van der Waals surface area contributed by atoms with Gasteiger partial charge in [0, 0.05) is 45.0 Å². The van der Waals surface area contributed by atoms with E-state index in [0.29, 0.717) is 5.41 Å². The number of anilines is 2. The molecule has 0 atom stereocenters. The Kier molecular flexibility index (Phi) is 5.95. The van der Waals surface area contributed by atoms with Crippen molar-refractivity contribution in [1.82, 2.24) is 9.88 Å². The molecule has 156 valence electrons. The first-order valence-corrected chi connectivity index (χ1v) is 10.8. The SMILES string of the molecule is COc1ccc(N2CCN(c3cccc(CN4CCCC(C)(C)C4)n3)CC2)cc1. The molecule has 2 aliphatic heterocycles. The van der Waals surface area contributed by atoms with E-state index in [1.807, 2.05) is 12.1 Å². The maximum Gasteiger partial charge on any atom is 0.128 e. The van der Waals surface area contributed by atoms with Gasteiger partial charge in [-0.15, -0.1) is 0 Å². The summed E-state index contributed by atoms with van der Waals surface area (Å²) in [5, 5.41) is 0. The molecular formula is C24H34N4O. The summed E-state index contributed by atoms with van der Waals surface area (Å²) < 4.78 is 5.27. The molecule has 4 rings (SSSR count). The van der Waals surface area contributed by atoms with Crippen molar-refractivity contribution < 1.29 is 4.74 Å². The smallest absolute Gasteiger partial charge is 0.128 e. The van der Waals surface area contributed by atoms with Gasteiger partial charge in [-0.2, -0.15) is 0 Å². The lowest BCUT2D eigenvalue weighted by Gasteiger charge is -2.38. The number of aromatic nitrogens is 1. The molecule has 0 saturated carbocycles. The van der Waals surface area contributed by atoms with Gasteiger partial charge in [0.05, 0.1) is 12.8 Å². The number of piperidine rings is 1. The number of hydrogen-bond donors (Lipinski definition) is 0. The Bertz CT molecular complexity index is 797. The van der Waals surface area contributed by atoms with Crippen LogP contribution in [0.15, 0.2) is 42.5 Å². The number of rotatable bonds is 5. The third-order valence-electron chi connectivity index (χ3n) is 6.20. The predicted molar refractivity (Wildman–Crippen MR) is 120 cm³/mol. The molecule has 1 aromatic carbocycles. The maximum absolute atomic E-state index is 5.27. The molecule has 1 aromatic heterocycles. The summed E-state index contributed by atoms with van der Waals surface area (Å²) in [5.74, 6) is 2.03. The highest BCUT2D eigenvalue weighted by Crippen LogP contribution is 2.29. The average Bonchev–Trinajstić information content (AvgIpc) is 2.73. The molecule has 2 aliphatic rings. The summed E-state index contributed by atoms with van der Waals surface area (Å²) in [6, 6.07) is 14.9. The number of hydrogen-bond acceptors (Lipinski definition) is 5. The van der Waals surface area contributed by atoms with Crippen LogP contribution >= 0.6 is 0 Å². The highest BCUT2D eigenvalue weighted by molar-refractivity contribution is 5.51. The normalized spacial score (nSPS) is 20.0. The number of pyridine rings is 1. The van der Waals surface area contributed by atoms with Gasteiger partial charge in [-0.3, -0.25) is 4.90 Å².